The molecule has 9 heteroatoms. The summed E-state index contributed by atoms with van der Waals surface area (Å²) >= 11 is 6.41. The first-order chi connectivity index (χ1) is 20.3. The Bertz CT molecular complexity index is 1640. The van der Waals surface area contributed by atoms with Gasteiger partial charge >= 0.3 is 5.69 Å². The van der Waals surface area contributed by atoms with Crippen molar-refractivity contribution in [1.29, 1.82) is 0 Å². The Kier molecular flexibility index (Phi) is 9.14. The first-order valence-electron chi connectivity index (χ1n) is 14.7. The molecule has 5 rings (SSSR count). The van der Waals surface area contributed by atoms with Crippen LogP contribution in [0, 0.1) is 0 Å². The molecule has 42 heavy (non-hydrogen) atoms. The molecule has 0 saturated carbocycles. The maximum Gasteiger partial charge on any atom is 0.329 e. The van der Waals surface area contributed by atoms with E-state index < -0.39 is 0 Å². The van der Waals surface area contributed by atoms with Gasteiger partial charge in [0.15, 0.2) is 0 Å². The Morgan fingerprint density at radius 2 is 1.57 bits per heavy atom. The SMILES string of the molecule is CCn1c(=O)n(CC)c2cc(C(=O)N3CCN(Cc4ccccc4)CCCN(C(C)=O)c4cc(Cl)ccc4C3)ccc21. The molecule has 0 aliphatic carbocycles. The van der Waals surface area contributed by atoms with E-state index in [-0.39, 0.29) is 17.5 Å². The highest BCUT2D eigenvalue weighted by Gasteiger charge is 2.24. The second-order valence-corrected chi connectivity index (χ2v) is 11.2. The lowest BCUT2D eigenvalue weighted by molar-refractivity contribution is -0.116. The highest BCUT2D eigenvalue weighted by molar-refractivity contribution is 6.31. The molecule has 8 nitrogen and oxygen atoms in total. The number of hydrogen-bond donors (Lipinski definition) is 0. The van der Waals surface area contributed by atoms with E-state index in [1.807, 2.05) is 73.3 Å². The predicted octanol–water partition coefficient (Wildman–Crippen LogP) is 5.40. The summed E-state index contributed by atoms with van der Waals surface area (Å²) in [5, 5.41) is 0.543. The largest absolute Gasteiger partial charge is 0.333 e. The minimum atomic E-state index is -0.120. The third-order valence-corrected chi connectivity index (χ3v) is 8.29. The van der Waals surface area contributed by atoms with Crippen molar-refractivity contribution in [1.82, 2.24) is 18.9 Å². The van der Waals surface area contributed by atoms with Crippen LogP contribution in [0.15, 0.2) is 71.5 Å². The van der Waals surface area contributed by atoms with Gasteiger partial charge in [-0.2, -0.15) is 0 Å². The molecule has 220 valence electrons. The molecule has 0 fully saturated rings. The fourth-order valence-electron chi connectivity index (χ4n) is 5.90. The van der Waals surface area contributed by atoms with Crippen LogP contribution < -0.4 is 10.6 Å². The highest BCUT2D eigenvalue weighted by Crippen LogP contribution is 2.28. The number of imidazole rings is 1. The molecule has 0 atom stereocenters. The van der Waals surface area contributed by atoms with Gasteiger partial charge in [-0.3, -0.25) is 23.6 Å². The van der Waals surface area contributed by atoms with Gasteiger partial charge in [0, 0.05) is 69.9 Å². The van der Waals surface area contributed by atoms with Gasteiger partial charge in [-0.05, 0) is 61.7 Å². The Labute approximate surface area is 251 Å². The van der Waals surface area contributed by atoms with E-state index in [2.05, 4.69) is 17.0 Å². The molecule has 4 aromatic rings. The molecule has 0 radical (unpaired) electrons. The molecule has 2 amide bonds. The van der Waals surface area contributed by atoms with Gasteiger partial charge in [0.25, 0.3) is 5.91 Å². The summed E-state index contributed by atoms with van der Waals surface area (Å²) < 4.78 is 3.45. The Morgan fingerprint density at radius 3 is 2.29 bits per heavy atom. The van der Waals surface area contributed by atoms with E-state index in [9.17, 15) is 14.4 Å². The normalized spacial score (nSPS) is 15.0. The van der Waals surface area contributed by atoms with Crippen LogP contribution in [-0.4, -0.2) is 56.9 Å². The quantitative estimate of drug-likeness (QED) is 0.314. The summed E-state index contributed by atoms with van der Waals surface area (Å²) in [7, 11) is 0. The van der Waals surface area contributed by atoms with Crippen molar-refractivity contribution in [3.63, 3.8) is 0 Å². The molecular weight excluding hydrogens is 550 g/mol. The third-order valence-electron chi connectivity index (χ3n) is 8.06. The van der Waals surface area contributed by atoms with Gasteiger partial charge in [-0.25, -0.2) is 4.79 Å². The fourth-order valence-corrected chi connectivity index (χ4v) is 6.07. The molecule has 0 saturated heterocycles. The molecule has 0 bridgehead atoms. The third kappa shape index (κ3) is 6.15. The maximum absolute atomic E-state index is 14.2. The number of benzene rings is 3. The highest BCUT2D eigenvalue weighted by atomic mass is 35.5. The van der Waals surface area contributed by atoms with Crippen LogP contribution >= 0.6 is 11.6 Å². The zero-order valence-electron chi connectivity index (χ0n) is 24.6. The molecule has 0 unspecified atom stereocenters. The topological polar surface area (TPSA) is 70.8 Å². The Balaban J connectivity index is 1.54. The molecule has 2 heterocycles. The first-order valence-corrected chi connectivity index (χ1v) is 15.0. The van der Waals surface area contributed by atoms with E-state index in [0.29, 0.717) is 49.9 Å². The van der Waals surface area contributed by atoms with Crippen LogP contribution in [0.25, 0.3) is 11.0 Å². The number of nitrogens with zero attached hydrogens (tertiary/aromatic N) is 5. The lowest BCUT2D eigenvalue weighted by Gasteiger charge is -2.28. The summed E-state index contributed by atoms with van der Waals surface area (Å²) in [6.07, 6.45) is 0.784. The Hall–Kier alpha value is -3.88. The molecule has 0 spiro atoms. The number of rotatable bonds is 5. The molecular formula is C33H38ClN5O3. The Morgan fingerprint density at radius 1 is 0.833 bits per heavy atom. The molecule has 1 aliphatic heterocycles. The van der Waals surface area contributed by atoms with Crippen molar-refractivity contribution in [2.75, 3.05) is 31.1 Å². The van der Waals surface area contributed by atoms with E-state index in [4.69, 9.17) is 11.6 Å². The summed E-state index contributed by atoms with van der Waals surface area (Å²) in [4.78, 5) is 46.0. The standard InChI is InChI=1S/C33H38ClN5O3/c1-4-37-29-15-13-26(20-31(29)38(5-2)33(37)42)32(41)36-19-18-35(22-25-10-7-6-8-11-25)16-9-17-39(24(3)40)30-21-28(34)14-12-27(30)23-36/h6-8,10-15,20-21H,4-5,9,16-19,22-23H2,1-3H3. The molecule has 1 aromatic heterocycles. The van der Waals surface area contributed by atoms with Crippen LogP contribution in [0.3, 0.4) is 0 Å². The van der Waals surface area contributed by atoms with Crippen LogP contribution in [-0.2, 0) is 31.0 Å². The van der Waals surface area contributed by atoms with E-state index in [0.717, 1.165) is 41.8 Å². The number of amides is 2. The average Bonchev–Trinajstić information content (AvgIpc) is 3.25. The summed E-state index contributed by atoms with van der Waals surface area (Å²) in [6, 6.07) is 21.4. The zero-order valence-corrected chi connectivity index (χ0v) is 25.3. The first kappa shape index (κ1) is 29.6. The minimum Gasteiger partial charge on any atom is -0.333 e. The van der Waals surface area contributed by atoms with E-state index in [1.54, 1.807) is 21.0 Å². The number of aryl methyl sites for hydroxylation is 2. The van der Waals surface area contributed by atoms with E-state index in [1.165, 1.54) is 5.56 Å². The van der Waals surface area contributed by atoms with Crippen molar-refractivity contribution in [3.05, 3.63) is 98.9 Å². The minimum absolute atomic E-state index is 0.0614. The van der Waals surface area contributed by atoms with Gasteiger partial charge in [-0.15, -0.1) is 0 Å². The predicted molar refractivity (Wildman–Crippen MR) is 168 cm³/mol. The van der Waals surface area contributed by atoms with Crippen molar-refractivity contribution in [3.8, 4) is 0 Å². The van der Waals surface area contributed by atoms with Crippen molar-refractivity contribution < 1.29 is 9.59 Å². The van der Waals surface area contributed by atoms with Gasteiger partial charge < -0.3 is 9.80 Å². The van der Waals surface area contributed by atoms with Crippen molar-refractivity contribution >= 4 is 40.1 Å². The number of hydrogen-bond acceptors (Lipinski definition) is 4. The lowest BCUT2D eigenvalue weighted by Crippen LogP contribution is -2.38. The number of carbonyl (C=O) groups excluding carboxylic acids is 2. The summed E-state index contributed by atoms with van der Waals surface area (Å²) in [6.45, 7) is 10.1. The second-order valence-electron chi connectivity index (χ2n) is 10.8. The van der Waals surface area contributed by atoms with Crippen LogP contribution in [0.4, 0.5) is 5.69 Å². The van der Waals surface area contributed by atoms with Gasteiger partial charge in [0.2, 0.25) is 5.91 Å². The van der Waals surface area contributed by atoms with Crippen LogP contribution in [0.2, 0.25) is 5.02 Å². The second kappa shape index (κ2) is 13.0. The lowest BCUT2D eigenvalue weighted by atomic mass is 10.1. The maximum atomic E-state index is 14.2. The number of aromatic nitrogens is 2. The molecule has 1 aliphatic rings. The average molecular weight is 588 g/mol. The summed E-state index contributed by atoms with van der Waals surface area (Å²) in [5.41, 5.74) is 4.84. The number of fused-ring (bicyclic) bond motifs is 2. The van der Waals surface area contributed by atoms with Gasteiger partial charge in [0.1, 0.15) is 0 Å². The summed E-state index contributed by atoms with van der Waals surface area (Å²) in [5.74, 6) is -0.181. The van der Waals surface area contributed by atoms with Crippen LogP contribution in [0.5, 0.6) is 0 Å². The molecule has 0 N–H and O–H groups in total. The van der Waals surface area contributed by atoms with Crippen LogP contribution in [0.1, 0.15) is 48.7 Å². The van der Waals surface area contributed by atoms with Gasteiger partial charge in [0.05, 0.1) is 16.7 Å². The van der Waals surface area contributed by atoms with E-state index >= 15 is 0 Å². The number of halogens is 1. The number of anilines is 1. The fraction of sp³-hybridized carbons (Fsp3) is 0.364. The number of carbonyl (C=O) groups is 2. The van der Waals surface area contributed by atoms with Crippen molar-refractivity contribution in [2.45, 2.75) is 53.4 Å². The monoisotopic (exact) mass is 587 g/mol. The smallest absolute Gasteiger partial charge is 0.329 e. The zero-order chi connectivity index (χ0) is 29.8. The molecule has 3 aromatic carbocycles. The van der Waals surface area contributed by atoms with Gasteiger partial charge in [-0.1, -0.05) is 48.0 Å². The van der Waals surface area contributed by atoms with Crippen molar-refractivity contribution in [2.24, 2.45) is 0 Å².